The summed E-state index contributed by atoms with van der Waals surface area (Å²) >= 11 is 0. The van der Waals surface area contributed by atoms with Gasteiger partial charge in [0.1, 0.15) is 11.9 Å². The first-order valence-electron chi connectivity index (χ1n) is 6.13. The summed E-state index contributed by atoms with van der Waals surface area (Å²) in [5.41, 5.74) is 6.97. The molecular formula is C13H18N4O2. The highest BCUT2D eigenvalue weighted by Gasteiger charge is 2.17. The van der Waals surface area contributed by atoms with Crippen molar-refractivity contribution < 1.29 is 9.90 Å². The van der Waals surface area contributed by atoms with Crippen molar-refractivity contribution >= 4 is 16.9 Å². The number of nitrogens with zero attached hydrogens (tertiary/aromatic N) is 2. The van der Waals surface area contributed by atoms with Gasteiger partial charge in [0.25, 0.3) is 0 Å². The van der Waals surface area contributed by atoms with Crippen molar-refractivity contribution in [2.24, 2.45) is 12.8 Å². The second kappa shape index (κ2) is 5.38. The SMILES string of the molecule is CC(NCC(O)C(N)=O)c1nc2ccccc2n1C. The molecule has 6 heteroatoms. The molecule has 0 aliphatic carbocycles. The number of para-hydroxylation sites is 2. The third kappa shape index (κ3) is 2.74. The molecule has 1 aromatic carbocycles. The number of aryl methyl sites for hydroxylation is 1. The maximum absolute atomic E-state index is 10.8. The molecule has 0 saturated heterocycles. The number of imidazole rings is 1. The molecule has 0 saturated carbocycles. The number of aliphatic hydroxyl groups is 1. The largest absolute Gasteiger partial charge is 0.382 e. The number of carbonyl (C=O) groups is 1. The van der Waals surface area contributed by atoms with Crippen LogP contribution in [0.25, 0.3) is 11.0 Å². The van der Waals surface area contributed by atoms with Crippen LogP contribution in [0.3, 0.4) is 0 Å². The molecule has 4 N–H and O–H groups in total. The number of amides is 1. The van der Waals surface area contributed by atoms with Crippen LogP contribution in [0.15, 0.2) is 24.3 Å². The Morgan fingerprint density at radius 1 is 1.53 bits per heavy atom. The van der Waals surface area contributed by atoms with Gasteiger partial charge in [0.2, 0.25) is 5.91 Å². The van der Waals surface area contributed by atoms with Gasteiger partial charge in [-0.15, -0.1) is 0 Å². The lowest BCUT2D eigenvalue weighted by atomic mass is 10.2. The summed E-state index contributed by atoms with van der Waals surface area (Å²) in [4.78, 5) is 15.3. The molecule has 1 aromatic heterocycles. The zero-order valence-corrected chi connectivity index (χ0v) is 11.0. The summed E-state index contributed by atoms with van der Waals surface area (Å²) in [6, 6.07) is 7.75. The van der Waals surface area contributed by atoms with Crippen LogP contribution in [0.2, 0.25) is 0 Å². The minimum Gasteiger partial charge on any atom is -0.382 e. The lowest BCUT2D eigenvalue weighted by molar-refractivity contribution is -0.125. The molecule has 0 aliphatic heterocycles. The summed E-state index contributed by atoms with van der Waals surface area (Å²) in [7, 11) is 1.94. The Hall–Kier alpha value is -1.92. The van der Waals surface area contributed by atoms with Gasteiger partial charge in [-0.25, -0.2) is 4.98 Å². The molecule has 2 aromatic rings. The van der Waals surface area contributed by atoms with E-state index in [1.54, 1.807) is 0 Å². The van der Waals surface area contributed by atoms with Crippen molar-refractivity contribution in [3.63, 3.8) is 0 Å². The van der Waals surface area contributed by atoms with Gasteiger partial charge < -0.3 is 20.7 Å². The molecule has 0 spiro atoms. The van der Waals surface area contributed by atoms with Gasteiger partial charge >= 0.3 is 0 Å². The van der Waals surface area contributed by atoms with E-state index in [1.807, 2.05) is 42.8 Å². The number of aliphatic hydroxyl groups excluding tert-OH is 1. The van der Waals surface area contributed by atoms with E-state index in [0.717, 1.165) is 16.9 Å². The Morgan fingerprint density at radius 2 is 2.21 bits per heavy atom. The molecule has 2 unspecified atom stereocenters. The molecule has 6 nitrogen and oxygen atoms in total. The molecule has 0 aliphatic rings. The monoisotopic (exact) mass is 262 g/mol. The average Bonchev–Trinajstić information content (AvgIpc) is 2.73. The number of hydrogen-bond donors (Lipinski definition) is 3. The molecule has 2 atom stereocenters. The number of nitrogens with two attached hydrogens (primary N) is 1. The van der Waals surface area contributed by atoms with Crippen molar-refractivity contribution in [2.45, 2.75) is 19.1 Å². The van der Waals surface area contributed by atoms with Gasteiger partial charge in [0, 0.05) is 13.6 Å². The first-order valence-corrected chi connectivity index (χ1v) is 6.13. The van der Waals surface area contributed by atoms with Gasteiger partial charge in [0.05, 0.1) is 17.1 Å². The van der Waals surface area contributed by atoms with E-state index in [9.17, 15) is 9.90 Å². The van der Waals surface area contributed by atoms with E-state index < -0.39 is 12.0 Å². The summed E-state index contributed by atoms with van der Waals surface area (Å²) in [6.07, 6.45) is -1.18. The summed E-state index contributed by atoms with van der Waals surface area (Å²) in [5.74, 6) is 0.113. The zero-order chi connectivity index (χ0) is 14.0. The maximum atomic E-state index is 10.8. The lowest BCUT2D eigenvalue weighted by Crippen LogP contribution is -2.38. The lowest BCUT2D eigenvalue weighted by Gasteiger charge is -2.15. The van der Waals surface area contributed by atoms with Crippen LogP contribution in [-0.2, 0) is 11.8 Å². The Morgan fingerprint density at radius 3 is 2.84 bits per heavy atom. The summed E-state index contributed by atoms with van der Waals surface area (Å²) in [5, 5.41) is 12.4. The van der Waals surface area contributed by atoms with E-state index in [1.165, 1.54) is 0 Å². The van der Waals surface area contributed by atoms with Crippen LogP contribution < -0.4 is 11.1 Å². The predicted octanol–water partition coefficient (Wildman–Crippen LogP) is 0.0701. The quantitative estimate of drug-likeness (QED) is 0.711. The number of nitrogens with one attached hydrogen (secondary N) is 1. The number of primary amides is 1. The van der Waals surface area contributed by atoms with Crippen LogP contribution in [0.5, 0.6) is 0 Å². The minimum absolute atomic E-state index is 0.0913. The molecule has 0 fully saturated rings. The Balaban J connectivity index is 2.15. The van der Waals surface area contributed by atoms with Crippen LogP contribution in [-0.4, -0.2) is 33.2 Å². The van der Waals surface area contributed by atoms with Crippen molar-refractivity contribution in [3.05, 3.63) is 30.1 Å². The molecule has 102 valence electrons. The summed E-state index contributed by atoms with van der Waals surface area (Å²) < 4.78 is 1.99. The van der Waals surface area contributed by atoms with E-state index in [4.69, 9.17) is 5.73 Å². The predicted molar refractivity (Wildman–Crippen MR) is 72.3 cm³/mol. The van der Waals surface area contributed by atoms with Gasteiger partial charge in [-0.2, -0.15) is 0 Å². The highest BCUT2D eigenvalue weighted by molar-refractivity contribution is 5.78. The van der Waals surface area contributed by atoms with Gasteiger partial charge in [0.15, 0.2) is 0 Å². The highest BCUT2D eigenvalue weighted by Crippen LogP contribution is 2.18. The second-order valence-corrected chi connectivity index (χ2v) is 4.57. The van der Waals surface area contributed by atoms with Crippen molar-refractivity contribution in [1.29, 1.82) is 0 Å². The average molecular weight is 262 g/mol. The first-order chi connectivity index (χ1) is 9.00. The molecule has 1 heterocycles. The fraction of sp³-hybridized carbons (Fsp3) is 0.385. The number of rotatable bonds is 5. The highest BCUT2D eigenvalue weighted by atomic mass is 16.3. The van der Waals surface area contributed by atoms with Gasteiger partial charge in [-0.1, -0.05) is 12.1 Å². The third-order valence-electron chi connectivity index (χ3n) is 3.15. The molecule has 19 heavy (non-hydrogen) atoms. The summed E-state index contributed by atoms with van der Waals surface area (Å²) in [6.45, 7) is 2.04. The normalized spacial score (nSPS) is 14.5. The van der Waals surface area contributed by atoms with E-state index in [0.29, 0.717) is 0 Å². The first kappa shape index (κ1) is 13.5. The van der Waals surface area contributed by atoms with Crippen molar-refractivity contribution in [2.75, 3.05) is 6.54 Å². The van der Waals surface area contributed by atoms with Crippen molar-refractivity contribution in [3.8, 4) is 0 Å². The molecule has 1 amide bonds. The Labute approximate surface area is 111 Å². The number of benzene rings is 1. The number of carbonyl (C=O) groups excluding carboxylic acids is 1. The van der Waals surface area contributed by atoms with E-state index in [-0.39, 0.29) is 12.6 Å². The topological polar surface area (TPSA) is 93.2 Å². The van der Waals surface area contributed by atoms with Crippen LogP contribution in [0.1, 0.15) is 18.8 Å². The number of hydrogen-bond acceptors (Lipinski definition) is 4. The van der Waals surface area contributed by atoms with Gasteiger partial charge in [-0.3, -0.25) is 4.79 Å². The van der Waals surface area contributed by atoms with Crippen LogP contribution in [0, 0.1) is 0 Å². The molecule has 2 rings (SSSR count). The van der Waals surface area contributed by atoms with Crippen LogP contribution in [0.4, 0.5) is 0 Å². The van der Waals surface area contributed by atoms with E-state index in [2.05, 4.69) is 10.3 Å². The second-order valence-electron chi connectivity index (χ2n) is 4.57. The molecule has 0 bridgehead atoms. The van der Waals surface area contributed by atoms with Crippen molar-refractivity contribution in [1.82, 2.24) is 14.9 Å². The van der Waals surface area contributed by atoms with E-state index >= 15 is 0 Å². The minimum atomic E-state index is -1.18. The fourth-order valence-corrected chi connectivity index (χ4v) is 2.03. The number of fused-ring (bicyclic) bond motifs is 1. The van der Waals surface area contributed by atoms with Gasteiger partial charge in [-0.05, 0) is 19.1 Å². The zero-order valence-electron chi connectivity index (χ0n) is 11.0. The maximum Gasteiger partial charge on any atom is 0.247 e. The third-order valence-corrected chi connectivity index (χ3v) is 3.15. The standard InChI is InChI=1S/C13H18N4O2/c1-8(15-7-11(18)12(14)19)13-16-9-5-3-4-6-10(9)17(13)2/h3-6,8,11,15,18H,7H2,1-2H3,(H2,14,19). The Kier molecular flexibility index (Phi) is 3.82. The smallest absolute Gasteiger partial charge is 0.247 e. The van der Waals surface area contributed by atoms with Crippen LogP contribution >= 0.6 is 0 Å². The Bertz CT molecular complexity index is 593. The fourth-order valence-electron chi connectivity index (χ4n) is 2.03. The number of aromatic nitrogens is 2. The molecular weight excluding hydrogens is 244 g/mol. The molecule has 0 radical (unpaired) electrons.